The van der Waals surface area contributed by atoms with E-state index >= 15 is 0 Å². The van der Waals surface area contributed by atoms with Crippen molar-refractivity contribution in [2.45, 2.75) is 57.9 Å². The Hall–Kier alpha value is -4.51. The number of piperazine rings is 1. The second-order valence-electron chi connectivity index (χ2n) is 13.6. The van der Waals surface area contributed by atoms with Crippen molar-refractivity contribution < 1.29 is 18.0 Å². The molecule has 3 aromatic heterocycles. The molecule has 2 aromatic carbocycles. The number of hydrogen-bond acceptors (Lipinski definition) is 8. The Balaban J connectivity index is 0.929. The van der Waals surface area contributed by atoms with E-state index in [4.69, 9.17) is 0 Å². The number of fused-ring (bicyclic) bond motifs is 2. The SMILES string of the molecule is Cc1c(CN2CCC(Nc3ncnc4sc(CC(F)(F)F)cc34)CC2)ccc2c1cc(C#N)n2CCN1CCN(C(=O)Cc2ccccc2)CC1. The predicted octanol–water partition coefficient (Wildman–Crippen LogP) is 6.39. The number of halogens is 3. The van der Waals surface area contributed by atoms with Crippen LogP contribution < -0.4 is 5.32 Å². The summed E-state index contributed by atoms with van der Waals surface area (Å²) in [5.74, 6) is 0.765. The number of carbonyl (C=O) groups is 1. The lowest BCUT2D eigenvalue weighted by molar-refractivity contribution is -0.132. The Kier molecular flexibility index (Phi) is 10.3. The Morgan fingerprint density at radius 1 is 0.961 bits per heavy atom. The number of anilines is 1. The number of amides is 1. The third-order valence-corrected chi connectivity index (χ3v) is 11.3. The van der Waals surface area contributed by atoms with Crippen LogP contribution in [-0.2, 0) is 30.7 Å². The van der Waals surface area contributed by atoms with Crippen LogP contribution in [0.4, 0.5) is 19.0 Å². The smallest absolute Gasteiger partial charge is 0.367 e. The van der Waals surface area contributed by atoms with E-state index in [1.54, 1.807) is 6.07 Å². The molecule has 5 aromatic rings. The standard InChI is InChI=1S/C38H41F3N8OS/c1-26-28(24-47-11-9-29(10-12-47)45-36-33-21-31(22-38(39,40)41)51-37(33)44-25-43-36)7-8-34-32(26)20-30(23-42)49(34)18-15-46-13-16-48(17-14-46)35(50)19-27-5-3-2-4-6-27/h2-8,20-21,25,29H,9-19,22,24H2,1H3,(H,43,44,45). The van der Waals surface area contributed by atoms with Crippen LogP contribution >= 0.6 is 11.3 Å². The summed E-state index contributed by atoms with van der Waals surface area (Å²) in [6, 6.07) is 20.3. The Morgan fingerprint density at radius 2 is 1.73 bits per heavy atom. The minimum Gasteiger partial charge on any atom is -0.367 e. The van der Waals surface area contributed by atoms with Gasteiger partial charge in [-0.25, -0.2) is 9.97 Å². The molecule has 0 bridgehead atoms. The number of nitrogens with one attached hydrogen (secondary N) is 1. The molecular formula is C38H41F3N8OS. The average molecular weight is 715 g/mol. The molecule has 13 heteroatoms. The van der Waals surface area contributed by atoms with Gasteiger partial charge in [0, 0.05) is 80.7 Å². The molecule has 1 amide bonds. The number of carbonyl (C=O) groups excluding carboxylic acids is 1. The van der Waals surface area contributed by atoms with Crippen molar-refractivity contribution in [3.63, 3.8) is 0 Å². The summed E-state index contributed by atoms with van der Waals surface area (Å²) in [5.41, 5.74) is 5.18. The topological polar surface area (TPSA) is 93.3 Å². The summed E-state index contributed by atoms with van der Waals surface area (Å²) in [4.78, 5) is 28.9. The summed E-state index contributed by atoms with van der Waals surface area (Å²) in [5, 5.41) is 15.3. The lowest BCUT2D eigenvalue weighted by atomic mass is 10.0. The number of alkyl halides is 3. The second-order valence-corrected chi connectivity index (χ2v) is 14.7. The molecule has 2 aliphatic heterocycles. The van der Waals surface area contributed by atoms with E-state index in [-0.39, 0.29) is 16.8 Å². The highest BCUT2D eigenvalue weighted by molar-refractivity contribution is 7.18. The summed E-state index contributed by atoms with van der Waals surface area (Å²) in [7, 11) is 0. The number of rotatable bonds is 10. The highest BCUT2D eigenvalue weighted by Crippen LogP contribution is 2.33. The molecule has 1 N–H and O–H groups in total. The van der Waals surface area contributed by atoms with Gasteiger partial charge in [0.25, 0.3) is 0 Å². The molecule has 2 aliphatic rings. The van der Waals surface area contributed by atoms with Crippen LogP contribution in [-0.4, -0.2) is 93.2 Å². The lowest BCUT2D eigenvalue weighted by Gasteiger charge is -2.35. The lowest BCUT2D eigenvalue weighted by Crippen LogP contribution is -2.49. The van der Waals surface area contributed by atoms with Gasteiger partial charge < -0.3 is 14.8 Å². The number of aryl methyl sites for hydroxylation is 1. The first-order valence-electron chi connectivity index (χ1n) is 17.5. The van der Waals surface area contributed by atoms with Crippen LogP contribution in [0.2, 0.25) is 0 Å². The van der Waals surface area contributed by atoms with E-state index in [1.165, 1.54) is 17.5 Å². The maximum absolute atomic E-state index is 13.0. The molecular weight excluding hydrogens is 674 g/mol. The number of nitrogens with zero attached hydrogens (tertiary/aromatic N) is 7. The van der Waals surface area contributed by atoms with Gasteiger partial charge in [0.2, 0.25) is 5.91 Å². The summed E-state index contributed by atoms with van der Waals surface area (Å²) in [6.07, 6.45) is -1.61. The fourth-order valence-corrected chi connectivity index (χ4v) is 8.37. The minimum atomic E-state index is -4.26. The summed E-state index contributed by atoms with van der Waals surface area (Å²) in [6.45, 7) is 9.27. The van der Waals surface area contributed by atoms with E-state index in [2.05, 4.69) is 54.8 Å². The van der Waals surface area contributed by atoms with Crippen molar-refractivity contribution in [2.75, 3.05) is 51.1 Å². The maximum atomic E-state index is 13.0. The number of piperidine rings is 1. The van der Waals surface area contributed by atoms with Gasteiger partial charge in [-0.2, -0.15) is 18.4 Å². The molecule has 0 saturated carbocycles. The quantitative estimate of drug-likeness (QED) is 0.179. The van der Waals surface area contributed by atoms with Crippen LogP contribution in [0, 0.1) is 18.3 Å². The van der Waals surface area contributed by atoms with Crippen molar-refractivity contribution in [3.8, 4) is 6.07 Å². The maximum Gasteiger partial charge on any atom is 0.393 e. The largest absolute Gasteiger partial charge is 0.393 e. The number of hydrogen-bond donors (Lipinski definition) is 1. The summed E-state index contributed by atoms with van der Waals surface area (Å²) >= 11 is 1.07. The van der Waals surface area contributed by atoms with Gasteiger partial charge in [0.05, 0.1) is 18.2 Å². The molecule has 0 aliphatic carbocycles. The van der Waals surface area contributed by atoms with E-state index in [1.807, 2.05) is 41.3 Å². The fourth-order valence-electron chi connectivity index (χ4n) is 7.35. The van der Waals surface area contributed by atoms with E-state index in [9.17, 15) is 23.2 Å². The minimum absolute atomic E-state index is 0.166. The van der Waals surface area contributed by atoms with Gasteiger partial charge in [-0.1, -0.05) is 36.4 Å². The van der Waals surface area contributed by atoms with Crippen molar-refractivity contribution in [1.82, 2.24) is 29.2 Å². The molecule has 266 valence electrons. The van der Waals surface area contributed by atoms with Gasteiger partial charge in [-0.05, 0) is 54.7 Å². The molecule has 7 rings (SSSR count). The predicted molar refractivity (Wildman–Crippen MR) is 194 cm³/mol. The molecule has 0 unspecified atom stereocenters. The molecule has 2 fully saturated rings. The van der Waals surface area contributed by atoms with E-state index in [0.29, 0.717) is 47.8 Å². The van der Waals surface area contributed by atoms with Crippen molar-refractivity contribution in [2.24, 2.45) is 0 Å². The van der Waals surface area contributed by atoms with Crippen molar-refractivity contribution >= 4 is 44.2 Å². The van der Waals surface area contributed by atoms with Crippen molar-refractivity contribution in [1.29, 1.82) is 5.26 Å². The van der Waals surface area contributed by atoms with Gasteiger partial charge in [0.15, 0.2) is 0 Å². The molecule has 5 heterocycles. The summed E-state index contributed by atoms with van der Waals surface area (Å²) < 4.78 is 41.0. The van der Waals surface area contributed by atoms with E-state index in [0.717, 1.165) is 79.9 Å². The zero-order valence-electron chi connectivity index (χ0n) is 28.6. The molecule has 0 radical (unpaired) electrons. The number of benzene rings is 2. The highest BCUT2D eigenvalue weighted by Gasteiger charge is 2.29. The van der Waals surface area contributed by atoms with Crippen LogP contribution in [0.3, 0.4) is 0 Å². The van der Waals surface area contributed by atoms with Crippen LogP contribution in [0.25, 0.3) is 21.1 Å². The van der Waals surface area contributed by atoms with Crippen LogP contribution in [0.5, 0.6) is 0 Å². The van der Waals surface area contributed by atoms with Gasteiger partial charge in [-0.3, -0.25) is 14.6 Å². The Bertz CT molecular complexity index is 2040. The Labute approximate surface area is 299 Å². The van der Waals surface area contributed by atoms with Crippen LogP contribution in [0.15, 0.2) is 60.9 Å². The number of likely N-dealkylation sites (tertiary alicyclic amines) is 1. The molecule has 0 spiro atoms. The molecule has 9 nitrogen and oxygen atoms in total. The zero-order valence-corrected chi connectivity index (χ0v) is 29.4. The van der Waals surface area contributed by atoms with E-state index < -0.39 is 12.6 Å². The fraction of sp³-hybridized carbons (Fsp3) is 0.421. The first-order chi connectivity index (χ1) is 24.6. The third-order valence-electron chi connectivity index (χ3n) is 10.2. The third kappa shape index (κ3) is 8.19. The Morgan fingerprint density at radius 3 is 2.45 bits per heavy atom. The normalized spacial score (nSPS) is 16.6. The first kappa shape index (κ1) is 34.9. The number of nitriles is 1. The van der Waals surface area contributed by atoms with Gasteiger partial charge in [-0.15, -0.1) is 11.3 Å². The first-order valence-corrected chi connectivity index (χ1v) is 18.3. The molecule has 51 heavy (non-hydrogen) atoms. The second kappa shape index (κ2) is 15.0. The number of aromatic nitrogens is 3. The number of thiophene rings is 1. The monoisotopic (exact) mass is 714 g/mol. The van der Waals surface area contributed by atoms with Gasteiger partial charge >= 0.3 is 6.18 Å². The average Bonchev–Trinajstić information content (AvgIpc) is 3.70. The zero-order chi connectivity index (χ0) is 35.5. The molecule has 2 saturated heterocycles. The van der Waals surface area contributed by atoms with Crippen LogP contribution in [0.1, 0.15) is 40.1 Å². The molecule has 0 atom stereocenters. The van der Waals surface area contributed by atoms with Crippen molar-refractivity contribution in [3.05, 3.63) is 88.2 Å². The van der Waals surface area contributed by atoms with Gasteiger partial charge in [0.1, 0.15) is 28.7 Å². The highest BCUT2D eigenvalue weighted by atomic mass is 32.1.